The van der Waals surface area contributed by atoms with Gasteiger partial charge in [0.05, 0.1) is 18.6 Å². The van der Waals surface area contributed by atoms with Crippen LogP contribution in [0.15, 0.2) is 47.1 Å². The minimum atomic E-state index is -0.0596. The number of anilines is 1. The minimum absolute atomic E-state index is 0.0596. The summed E-state index contributed by atoms with van der Waals surface area (Å²) >= 11 is 0. The van der Waals surface area contributed by atoms with Crippen LogP contribution in [0.5, 0.6) is 6.01 Å². The first kappa shape index (κ1) is 17.7. The van der Waals surface area contributed by atoms with Gasteiger partial charge in [-0.3, -0.25) is 4.79 Å². The van der Waals surface area contributed by atoms with Gasteiger partial charge in [-0.05, 0) is 30.3 Å². The van der Waals surface area contributed by atoms with Crippen LogP contribution in [0.2, 0.25) is 0 Å². The molecule has 0 bridgehead atoms. The number of ether oxygens (including phenoxy) is 2. The van der Waals surface area contributed by atoms with Crippen molar-refractivity contribution >= 4 is 11.6 Å². The zero-order chi connectivity index (χ0) is 18.4. The third kappa shape index (κ3) is 4.09. The summed E-state index contributed by atoms with van der Waals surface area (Å²) in [4.78, 5) is 16.0. The summed E-state index contributed by atoms with van der Waals surface area (Å²) in [5, 5.41) is 7.24. The Balaban J connectivity index is 1.95. The van der Waals surface area contributed by atoms with Crippen molar-refractivity contribution in [3.8, 4) is 23.3 Å². The van der Waals surface area contributed by atoms with Gasteiger partial charge in [0.25, 0.3) is 0 Å². The van der Waals surface area contributed by atoms with E-state index in [2.05, 4.69) is 15.4 Å². The van der Waals surface area contributed by atoms with Crippen molar-refractivity contribution in [2.24, 2.45) is 0 Å². The minimum Gasteiger partial charge on any atom is -0.461 e. The smallest absolute Gasteiger partial charge is 0.336 e. The van der Waals surface area contributed by atoms with Gasteiger partial charge in [-0.1, -0.05) is 13.0 Å². The second-order valence-electron chi connectivity index (χ2n) is 5.40. The zero-order valence-corrected chi connectivity index (χ0v) is 14.6. The number of hydrogen-bond acceptors (Lipinski definition) is 6. The van der Waals surface area contributed by atoms with E-state index in [0.717, 1.165) is 5.69 Å². The molecular weight excluding hydrogens is 336 g/mol. The van der Waals surface area contributed by atoms with Crippen LogP contribution in [0, 0.1) is 0 Å². The number of methoxy groups -OCH3 is 1. The number of aromatic nitrogens is 3. The third-order valence-corrected chi connectivity index (χ3v) is 3.54. The lowest BCUT2D eigenvalue weighted by molar-refractivity contribution is -0.115. The summed E-state index contributed by atoms with van der Waals surface area (Å²) in [6.45, 7) is 2.57. The maximum atomic E-state index is 11.6. The van der Waals surface area contributed by atoms with Gasteiger partial charge in [0, 0.05) is 19.2 Å². The molecule has 0 aliphatic carbocycles. The number of nitrogens with zero attached hydrogens (tertiary/aromatic N) is 3. The lowest BCUT2D eigenvalue weighted by atomic mass is 10.2. The summed E-state index contributed by atoms with van der Waals surface area (Å²) in [7, 11) is 1.60. The van der Waals surface area contributed by atoms with E-state index in [1.165, 1.54) is 0 Å². The van der Waals surface area contributed by atoms with Crippen LogP contribution in [0.4, 0.5) is 5.69 Å². The average molecular weight is 356 g/mol. The van der Waals surface area contributed by atoms with Crippen molar-refractivity contribution in [3.63, 3.8) is 0 Å². The largest absolute Gasteiger partial charge is 0.461 e. The van der Waals surface area contributed by atoms with Gasteiger partial charge in [0.1, 0.15) is 6.61 Å². The number of benzene rings is 1. The Labute approximate surface area is 150 Å². The molecule has 8 heteroatoms. The highest BCUT2D eigenvalue weighted by Crippen LogP contribution is 2.25. The predicted octanol–water partition coefficient (Wildman–Crippen LogP) is 2.90. The van der Waals surface area contributed by atoms with Crippen molar-refractivity contribution < 1.29 is 18.7 Å². The molecule has 0 unspecified atom stereocenters. The predicted molar refractivity (Wildman–Crippen MR) is 95.4 cm³/mol. The summed E-state index contributed by atoms with van der Waals surface area (Å²) in [5.74, 6) is 0.999. The zero-order valence-electron chi connectivity index (χ0n) is 14.6. The van der Waals surface area contributed by atoms with Gasteiger partial charge >= 0.3 is 6.01 Å². The molecule has 0 fully saturated rings. The van der Waals surface area contributed by atoms with Crippen LogP contribution in [0.1, 0.15) is 13.3 Å². The average Bonchev–Trinajstić information content (AvgIpc) is 3.31. The van der Waals surface area contributed by atoms with Crippen LogP contribution >= 0.6 is 0 Å². The van der Waals surface area contributed by atoms with E-state index in [1.807, 2.05) is 24.3 Å². The second kappa shape index (κ2) is 8.30. The topological polar surface area (TPSA) is 91.4 Å². The van der Waals surface area contributed by atoms with Gasteiger partial charge in [-0.25, -0.2) is 4.68 Å². The molecular formula is C18H20N4O4. The highest BCUT2D eigenvalue weighted by Gasteiger charge is 2.17. The Kier molecular flexibility index (Phi) is 5.65. The molecule has 2 heterocycles. The Morgan fingerprint density at radius 3 is 2.88 bits per heavy atom. The highest BCUT2D eigenvalue weighted by molar-refractivity contribution is 5.90. The number of carbonyl (C=O) groups excluding carboxylic acids is 1. The monoisotopic (exact) mass is 356 g/mol. The molecule has 0 radical (unpaired) electrons. The van der Waals surface area contributed by atoms with E-state index in [0.29, 0.717) is 36.9 Å². The molecule has 1 N–H and O–H groups in total. The fourth-order valence-corrected chi connectivity index (χ4v) is 2.28. The molecule has 0 atom stereocenters. The van der Waals surface area contributed by atoms with Crippen LogP contribution in [-0.4, -0.2) is 41.0 Å². The first-order valence-corrected chi connectivity index (χ1v) is 8.24. The molecule has 136 valence electrons. The maximum absolute atomic E-state index is 11.6. The van der Waals surface area contributed by atoms with E-state index >= 15 is 0 Å². The number of nitrogens with one attached hydrogen (secondary N) is 1. The van der Waals surface area contributed by atoms with E-state index in [1.54, 1.807) is 37.1 Å². The van der Waals surface area contributed by atoms with E-state index in [9.17, 15) is 4.79 Å². The molecule has 0 aliphatic rings. The molecule has 2 aromatic heterocycles. The van der Waals surface area contributed by atoms with Gasteiger partial charge < -0.3 is 19.2 Å². The van der Waals surface area contributed by atoms with Crippen LogP contribution < -0.4 is 10.1 Å². The van der Waals surface area contributed by atoms with Crippen LogP contribution in [0.25, 0.3) is 17.3 Å². The molecule has 26 heavy (non-hydrogen) atoms. The second-order valence-corrected chi connectivity index (χ2v) is 5.40. The van der Waals surface area contributed by atoms with Crippen LogP contribution in [-0.2, 0) is 9.53 Å². The molecule has 0 spiro atoms. The first-order valence-electron chi connectivity index (χ1n) is 8.24. The fourth-order valence-electron chi connectivity index (χ4n) is 2.28. The fraction of sp³-hybridized carbons (Fsp3) is 0.278. The maximum Gasteiger partial charge on any atom is 0.336 e. The Morgan fingerprint density at radius 1 is 1.27 bits per heavy atom. The number of hydrogen-bond donors (Lipinski definition) is 1. The first-order chi connectivity index (χ1) is 12.7. The van der Waals surface area contributed by atoms with Crippen molar-refractivity contribution in [2.45, 2.75) is 13.3 Å². The standard InChI is InChI=1S/C18H20N4O4/c1-3-16(23)19-13-6-4-7-14(12-13)22-17(15-8-5-9-25-15)20-18(21-22)26-11-10-24-2/h4-9,12H,3,10-11H2,1-2H3,(H,19,23). The van der Waals surface area contributed by atoms with Gasteiger partial charge in [0.15, 0.2) is 5.76 Å². The Hall–Kier alpha value is -3.13. The number of amides is 1. The third-order valence-electron chi connectivity index (χ3n) is 3.54. The molecule has 8 nitrogen and oxygen atoms in total. The van der Waals surface area contributed by atoms with Gasteiger partial charge in [0.2, 0.25) is 11.7 Å². The number of rotatable bonds is 8. The van der Waals surface area contributed by atoms with Gasteiger partial charge in [-0.2, -0.15) is 4.98 Å². The molecule has 0 saturated heterocycles. The van der Waals surface area contributed by atoms with Crippen molar-refractivity contribution in [1.29, 1.82) is 0 Å². The lowest BCUT2D eigenvalue weighted by Gasteiger charge is -2.08. The van der Waals surface area contributed by atoms with E-state index < -0.39 is 0 Å². The van der Waals surface area contributed by atoms with E-state index in [4.69, 9.17) is 13.9 Å². The van der Waals surface area contributed by atoms with Crippen LogP contribution in [0.3, 0.4) is 0 Å². The summed E-state index contributed by atoms with van der Waals surface area (Å²) in [6.07, 6.45) is 1.97. The Morgan fingerprint density at radius 2 is 2.15 bits per heavy atom. The lowest BCUT2D eigenvalue weighted by Crippen LogP contribution is -2.10. The normalized spacial score (nSPS) is 10.7. The van der Waals surface area contributed by atoms with Crippen molar-refractivity contribution in [2.75, 3.05) is 25.6 Å². The molecule has 0 aliphatic heterocycles. The molecule has 3 aromatic rings. The molecule has 3 rings (SSSR count). The van der Waals surface area contributed by atoms with Crippen molar-refractivity contribution in [3.05, 3.63) is 42.7 Å². The summed E-state index contributed by atoms with van der Waals surface area (Å²) < 4.78 is 17.6. The molecule has 1 aromatic carbocycles. The van der Waals surface area contributed by atoms with Gasteiger partial charge in [-0.15, -0.1) is 5.10 Å². The SMILES string of the molecule is CCC(=O)Nc1cccc(-n2nc(OCCOC)nc2-c2ccco2)c1. The quantitative estimate of drug-likeness (QED) is 0.624. The Bertz CT molecular complexity index is 858. The summed E-state index contributed by atoms with van der Waals surface area (Å²) in [6, 6.07) is 11.1. The number of carbonyl (C=O) groups is 1. The van der Waals surface area contributed by atoms with Crippen molar-refractivity contribution in [1.82, 2.24) is 14.8 Å². The summed E-state index contributed by atoms with van der Waals surface area (Å²) in [5.41, 5.74) is 1.40. The highest BCUT2D eigenvalue weighted by atomic mass is 16.5. The number of furan rings is 1. The molecule has 1 amide bonds. The molecule has 0 saturated carbocycles. The van der Waals surface area contributed by atoms with E-state index in [-0.39, 0.29) is 11.9 Å².